The molecule has 3 aliphatic rings. The van der Waals surface area contributed by atoms with Crippen LogP contribution < -0.4 is 25.8 Å². The predicted octanol–water partition coefficient (Wildman–Crippen LogP) is 0.543. The number of nitrogens with two attached hydrogens (primary N) is 2. The molecule has 1 spiro atoms. The Hall–Kier alpha value is -3.37. The summed E-state index contributed by atoms with van der Waals surface area (Å²) in [5.41, 5.74) is 13.2. The van der Waals surface area contributed by atoms with Crippen molar-refractivity contribution in [3.63, 3.8) is 0 Å². The van der Waals surface area contributed by atoms with Crippen LogP contribution in [-0.4, -0.2) is 51.0 Å². The number of aromatic nitrogens is 4. The highest BCUT2D eigenvalue weighted by Gasteiger charge is 2.44. The Balaban J connectivity index is 1.71. The van der Waals surface area contributed by atoms with E-state index in [-0.39, 0.29) is 5.96 Å². The van der Waals surface area contributed by atoms with Crippen molar-refractivity contribution < 1.29 is 9.47 Å². The van der Waals surface area contributed by atoms with Crippen LogP contribution in [0.3, 0.4) is 0 Å². The summed E-state index contributed by atoms with van der Waals surface area (Å²) in [6.07, 6.45) is 6.40. The highest BCUT2D eigenvalue weighted by Crippen LogP contribution is 2.45. The summed E-state index contributed by atoms with van der Waals surface area (Å²) in [7, 11) is 0. The summed E-state index contributed by atoms with van der Waals surface area (Å²) < 4.78 is 13.1. The molecule has 146 valence electrons. The largest absolute Gasteiger partial charge is 0.486 e. The number of ether oxygens (including phenoxy) is 2. The van der Waals surface area contributed by atoms with Crippen LogP contribution in [0.1, 0.15) is 32.1 Å². The molecule has 11 heteroatoms. The van der Waals surface area contributed by atoms with Gasteiger partial charge in [-0.2, -0.15) is 9.67 Å². The fraction of sp³-hybridized carbons (Fsp3) is 0.471. The van der Waals surface area contributed by atoms with Gasteiger partial charge in [0.15, 0.2) is 11.5 Å². The van der Waals surface area contributed by atoms with E-state index >= 15 is 0 Å². The molecular weight excluding hydrogens is 362 g/mol. The molecule has 0 unspecified atom stereocenters. The third kappa shape index (κ3) is 2.62. The molecule has 2 aromatic rings. The van der Waals surface area contributed by atoms with E-state index in [0.29, 0.717) is 36.4 Å². The van der Waals surface area contributed by atoms with Gasteiger partial charge in [-0.15, -0.1) is 5.10 Å². The Morgan fingerprint density at radius 3 is 2.36 bits per heavy atom. The summed E-state index contributed by atoms with van der Waals surface area (Å²) in [6, 6.07) is 3.74. The first-order valence-corrected chi connectivity index (χ1v) is 9.33. The number of tetrazole rings is 1. The Kier molecular flexibility index (Phi) is 3.81. The number of hydrogen-bond acceptors (Lipinski definition) is 10. The van der Waals surface area contributed by atoms with Gasteiger partial charge in [0.1, 0.15) is 25.2 Å². The van der Waals surface area contributed by atoms with Gasteiger partial charge in [-0.1, -0.05) is 6.42 Å². The molecule has 1 fully saturated rings. The minimum atomic E-state index is -0.583. The summed E-state index contributed by atoms with van der Waals surface area (Å²) >= 11 is 0. The highest BCUT2D eigenvalue weighted by atomic mass is 16.6. The molecular formula is C17H21N9O2. The fourth-order valence-electron chi connectivity index (χ4n) is 4.17. The van der Waals surface area contributed by atoms with Crippen molar-refractivity contribution in [2.45, 2.75) is 37.8 Å². The van der Waals surface area contributed by atoms with Crippen LogP contribution in [-0.2, 0) is 0 Å². The molecule has 1 aromatic heterocycles. The molecule has 5 rings (SSSR count). The number of guanidine groups is 2. The number of anilines is 1. The van der Waals surface area contributed by atoms with Gasteiger partial charge in [-0.05, 0) is 36.1 Å². The van der Waals surface area contributed by atoms with Crippen LogP contribution in [0.2, 0.25) is 0 Å². The third-order valence-corrected chi connectivity index (χ3v) is 5.33. The highest BCUT2D eigenvalue weighted by molar-refractivity contribution is 6.06. The maximum Gasteiger partial charge on any atom is 0.220 e. The van der Waals surface area contributed by atoms with Crippen molar-refractivity contribution in [3.05, 3.63) is 18.5 Å². The number of rotatable bonds is 2. The SMILES string of the molecule is NC1=NC2(CCCCC2)N(c2cc3c(cc2-n2cnnn2)OCCO3)C(N)=N1. The van der Waals surface area contributed by atoms with Gasteiger partial charge >= 0.3 is 0 Å². The second kappa shape index (κ2) is 6.36. The van der Waals surface area contributed by atoms with Crippen LogP contribution in [0.15, 0.2) is 28.4 Å². The molecule has 1 aliphatic carbocycles. The number of fused-ring (bicyclic) bond motifs is 1. The molecule has 0 atom stereocenters. The van der Waals surface area contributed by atoms with Crippen molar-refractivity contribution in [3.8, 4) is 17.2 Å². The zero-order valence-electron chi connectivity index (χ0n) is 15.3. The van der Waals surface area contributed by atoms with Crippen LogP contribution >= 0.6 is 0 Å². The van der Waals surface area contributed by atoms with Crippen LogP contribution in [0.4, 0.5) is 5.69 Å². The average Bonchev–Trinajstić information content (AvgIpc) is 3.22. The lowest BCUT2D eigenvalue weighted by molar-refractivity contribution is 0.171. The first-order valence-electron chi connectivity index (χ1n) is 9.33. The Morgan fingerprint density at radius 1 is 0.964 bits per heavy atom. The van der Waals surface area contributed by atoms with E-state index in [1.807, 2.05) is 17.0 Å². The number of hydrogen-bond donors (Lipinski definition) is 2. The first-order chi connectivity index (χ1) is 13.7. The molecule has 4 N–H and O–H groups in total. The van der Waals surface area contributed by atoms with Crippen molar-refractivity contribution in [2.24, 2.45) is 21.5 Å². The zero-order valence-corrected chi connectivity index (χ0v) is 15.3. The number of nitrogens with zero attached hydrogens (tertiary/aromatic N) is 7. The summed E-state index contributed by atoms with van der Waals surface area (Å²) in [5, 5.41) is 11.6. The van der Waals surface area contributed by atoms with E-state index in [1.165, 1.54) is 6.33 Å². The van der Waals surface area contributed by atoms with Crippen LogP contribution in [0, 0.1) is 0 Å². The Bertz CT molecular complexity index is 948. The average molecular weight is 383 g/mol. The van der Waals surface area contributed by atoms with Crippen molar-refractivity contribution in [2.75, 3.05) is 18.1 Å². The van der Waals surface area contributed by atoms with E-state index in [4.69, 9.17) is 25.9 Å². The van der Waals surface area contributed by atoms with E-state index in [2.05, 4.69) is 20.5 Å². The molecule has 1 aromatic carbocycles. The number of aliphatic imine (C=N–C) groups is 2. The molecule has 1 saturated carbocycles. The Labute approximate surface area is 161 Å². The first kappa shape index (κ1) is 16.8. The molecule has 0 radical (unpaired) electrons. The van der Waals surface area contributed by atoms with E-state index < -0.39 is 5.66 Å². The zero-order chi connectivity index (χ0) is 19.1. The molecule has 28 heavy (non-hydrogen) atoms. The molecule has 0 saturated heterocycles. The second-order valence-corrected chi connectivity index (χ2v) is 7.06. The normalized spacial score (nSPS) is 20.6. The minimum absolute atomic E-state index is 0.206. The molecule has 3 heterocycles. The smallest absolute Gasteiger partial charge is 0.220 e. The van der Waals surface area contributed by atoms with Crippen LogP contribution in [0.5, 0.6) is 11.5 Å². The quantitative estimate of drug-likeness (QED) is 0.765. The summed E-state index contributed by atoms with van der Waals surface area (Å²) in [4.78, 5) is 10.9. The lowest BCUT2D eigenvalue weighted by Gasteiger charge is -2.46. The second-order valence-electron chi connectivity index (χ2n) is 7.06. The van der Waals surface area contributed by atoms with Gasteiger partial charge < -0.3 is 20.9 Å². The molecule has 2 aliphatic heterocycles. The van der Waals surface area contributed by atoms with Crippen molar-refractivity contribution in [1.29, 1.82) is 0 Å². The van der Waals surface area contributed by atoms with Crippen LogP contribution in [0.25, 0.3) is 5.69 Å². The van der Waals surface area contributed by atoms with E-state index in [1.54, 1.807) is 4.68 Å². The predicted molar refractivity (Wildman–Crippen MR) is 102 cm³/mol. The van der Waals surface area contributed by atoms with E-state index in [0.717, 1.165) is 37.8 Å². The van der Waals surface area contributed by atoms with Gasteiger partial charge in [-0.3, -0.25) is 4.90 Å². The lowest BCUT2D eigenvalue weighted by Crippen LogP contribution is -2.58. The molecule has 0 amide bonds. The monoisotopic (exact) mass is 383 g/mol. The number of benzene rings is 1. The van der Waals surface area contributed by atoms with E-state index in [9.17, 15) is 0 Å². The van der Waals surface area contributed by atoms with Gasteiger partial charge in [-0.25, -0.2) is 4.99 Å². The van der Waals surface area contributed by atoms with Crippen molar-refractivity contribution >= 4 is 17.6 Å². The lowest BCUT2D eigenvalue weighted by atomic mass is 9.87. The molecule has 11 nitrogen and oxygen atoms in total. The standard InChI is InChI=1S/C17H21N9O2/c18-15-21-16(19)26(17(22-15)4-2-1-3-5-17)12-9-14-13(27-6-7-28-14)8-11(12)25-10-20-23-24-25/h8-10H,1-7H2,(H4,18,19,21,22). The summed E-state index contributed by atoms with van der Waals surface area (Å²) in [6.45, 7) is 0.968. The Morgan fingerprint density at radius 2 is 1.68 bits per heavy atom. The van der Waals surface area contributed by atoms with Gasteiger partial charge in [0.2, 0.25) is 11.9 Å². The van der Waals surface area contributed by atoms with Gasteiger partial charge in [0, 0.05) is 12.1 Å². The van der Waals surface area contributed by atoms with Crippen molar-refractivity contribution in [1.82, 2.24) is 20.2 Å². The summed E-state index contributed by atoms with van der Waals surface area (Å²) in [5.74, 6) is 1.77. The fourth-order valence-corrected chi connectivity index (χ4v) is 4.17. The minimum Gasteiger partial charge on any atom is -0.486 e. The maximum atomic E-state index is 6.39. The molecule has 0 bridgehead atoms. The van der Waals surface area contributed by atoms with Gasteiger partial charge in [0.05, 0.1) is 11.4 Å². The third-order valence-electron chi connectivity index (χ3n) is 5.33. The maximum absolute atomic E-state index is 6.39. The topological polar surface area (TPSA) is 142 Å². The van der Waals surface area contributed by atoms with Gasteiger partial charge in [0.25, 0.3) is 0 Å².